The number of hydrogen-bond donors (Lipinski definition) is 3. The van der Waals surface area contributed by atoms with Gasteiger partial charge in [-0.3, -0.25) is 0 Å². The molecule has 1 aromatic carbocycles. The summed E-state index contributed by atoms with van der Waals surface area (Å²) in [4.78, 5) is 2.10. The Bertz CT molecular complexity index is 472. The highest BCUT2D eigenvalue weighted by Gasteiger charge is 2.05. The van der Waals surface area contributed by atoms with Crippen LogP contribution >= 0.6 is 12.4 Å². The number of nitrogens with zero attached hydrogens (tertiary/aromatic N) is 3. The van der Waals surface area contributed by atoms with E-state index >= 15 is 0 Å². The van der Waals surface area contributed by atoms with Crippen LogP contribution < -0.4 is 16.4 Å². The van der Waals surface area contributed by atoms with Crippen LogP contribution in [0.15, 0.2) is 28.4 Å². The first-order chi connectivity index (χ1) is 9.08. The first-order valence-electron chi connectivity index (χ1n) is 6.17. The third-order valence-corrected chi connectivity index (χ3v) is 2.74. The molecule has 0 unspecified atom stereocenters. The fourth-order valence-electron chi connectivity index (χ4n) is 1.75. The molecule has 0 saturated heterocycles. The van der Waals surface area contributed by atoms with Crippen molar-refractivity contribution in [1.82, 2.24) is 0 Å². The number of rotatable bonds is 6. The van der Waals surface area contributed by atoms with Gasteiger partial charge in [0.15, 0.2) is 0 Å². The molecule has 0 aliphatic carbocycles. The molecular weight excluding hydrogens is 278 g/mol. The van der Waals surface area contributed by atoms with E-state index in [9.17, 15) is 0 Å². The smallest absolute Gasteiger partial charge is 0.211 e. The molecule has 1 aromatic rings. The average Bonchev–Trinajstić information content (AvgIpc) is 2.37. The molecule has 0 aromatic heterocycles. The van der Waals surface area contributed by atoms with E-state index in [1.807, 2.05) is 19.1 Å². The molecule has 0 bridgehead atoms. The lowest BCUT2D eigenvalue weighted by molar-refractivity contribution is 0.302. The van der Waals surface area contributed by atoms with Gasteiger partial charge in [0.1, 0.15) is 0 Å². The zero-order valence-electron chi connectivity index (χ0n) is 11.8. The van der Waals surface area contributed by atoms with Crippen LogP contribution in [0.3, 0.4) is 0 Å². The summed E-state index contributed by atoms with van der Waals surface area (Å²) in [5, 5.41) is 16.4. The molecule has 112 valence electrons. The summed E-state index contributed by atoms with van der Waals surface area (Å²) in [7, 11) is 0. The van der Waals surface area contributed by atoms with Crippen molar-refractivity contribution in [3.05, 3.63) is 29.3 Å². The molecule has 7 heteroatoms. The van der Waals surface area contributed by atoms with Crippen LogP contribution in [-0.2, 0) is 0 Å². The van der Waals surface area contributed by atoms with Gasteiger partial charge in [-0.2, -0.15) is 5.10 Å². The van der Waals surface area contributed by atoms with Crippen molar-refractivity contribution >= 4 is 30.3 Å². The van der Waals surface area contributed by atoms with Crippen molar-refractivity contribution in [1.29, 1.82) is 0 Å². The number of guanidine groups is 1. The number of aliphatic hydroxyl groups is 1. The van der Waals surface area contributed by atoms with Crippen LogP contribution in [0.4, 0.5) is 5.69 Å². The molecule has 0 aliphatic rings. The van der Waals surface area contributed by atoms with Crippen molar-refractivity contribution in [2.24, 2.45) is 21.7 Å². The Kier molecular flexibility index (Phi) is 8.35. The van der Waals surface area contributed by atoms with Gasteiger partial charge >= 0.3 is 0 Å². The van der Waals surface area contributed by atoms with Gasteiger partial charge in [0, 0.05) is 18.8 Å². The van der Waals surface area contributed by atoms with E-state index in [0.717, 1.165) is 23.4 Å². The second-order valence-electron chi connectivity index (χ2n) is 4.11. The molecule has 1 rings (SSSR count). The van der Waals surface area contributed by atoms with Crippen molar-refractivity contribution < 1.29 is 5.11 Å². The van der Waals surface area contributed by atoms with Crippen LogP contribution in [0.2, 0.25) is 0 Å². The first kappa shape index (κ1) is 18.2. The highest BCUT2D eigenvalue weighted by atomic mass is 35.5. The maximum Gasteiger partial charge on any atom is 0.211 e. The maximum atomic E-state index is 9.02. The van der Waals surface area contributed by atoms with Gasteiger partial charge in [-0.15, -0.1) is 17.5 Å². The van der Waals surface area contributed by atoms with E-state index in [4.69, 9.17) is 16.6 Å². The number of aryl methyl sites for hydroxylation is 1. The lowest BCUT2D eigenvalue weighted by Crippen LogP contribution is -2.26. The summed E-state index contributed by atoms with van der Waals surface area (Å²) < 4.78 is 0. The molecule has 6 nitrogen and oxygen atoms in total. The highest BCUT2D eigenvalue weighted by molar-refractivity contribution is 5.85. The van der Waals surface area contributed by atoms with Gasteiger partial charge in [-0.1, -0.05) is 6.07 Å². The molecule has 0 amide bonds. The van der Waals surface area contributed by atoms with Gasteiger partial charge in [0.2, 0.25) is 5.96 Å². The Morgan fingerprint density at radius 1 is 1.40 bits per heavy atom. The Labute approximate surface area is 125 Å². The fraction of sp³-hybridized carbons (Fsp3) is 0.385. The third kappa shape index (κ3) is 5.46. The summed E-state index contributed by atoms with van der Waals surface area (Å²) >= 11 is 0. The molecule has 0 atom stereocenters. The van der Waals surface area contributed by atoms with Gasteiger partial charge in [-0.25, -0.2) is 0 Å². The number of nitrogens with two attached hydrogens (primary N) is 2. The van der Waals surface area contributed by atoms with Crippen LogP contribution in [0.25, 0.3) is 0 Å². The maximum absolute atomic E-state index is 9.02. The largest absolute Gasteiger partial charge is 0.395 e. The second-order valence-corrected chi connectivity index (χ2v) is 4.11. The van der Waals surface area contributed by atoms with Crippen LogP contribution in [-0.4, -0.2) is 37.0 Å². The Morgan fingerprint density at radius 3 is 2.60 bits per heavy atom. The minimum Gasteiger partial charge on any atom is -0.395 e. The summed E-state index contributed by atoms with van der Waals surface area (Å²) in [6.45, 7) is 5.66. The SMILES string of the molecule is CCN(CCO)c1ccc(C=NN=C(N)N)c(C)c1.Cl. The van der Waals surface area contributed by atoms with E-state index in [1.165, 1.54) is 0 Å². The number of hydrogen-bond acceptors (Lipinski definition) is 4. The first-order valence-corrected chi connectivity index (χ1v) is 6.17. The molecule has 0 aliphatic heterocycles. The molecule has 0 radical (unpaired) electrons. The normalized spacial score (nSPS) is 10.2. The topological polar surface area (TPSA) is 100 Å². The summed E-state index contributed by atoms with van der Waals surface area (Å²) in [6, 6.07) is 6.00. The zero-order valence-corrected chi connectivity index (χ0v) is 12.6. The molecule has 0 saturated carbocycles. The Morgan fingerprint density at radius 2 is 2.10 bits per heavy atom. The zero-order chi connectivity index (χ0) is 14.3. The van der Waals surface area contributed by atoms with Crippen molar-refractivity contribution in [2.75, 3.05) is 24.6 Å². The molecular formula is C13H22ClN5O. The number of anilines is 1. The molecule has 20 heavy (non-hydrogen) atoms. The van der Waals surface area contributed by atoms with Crippen LogP contribution in [0, 0.1) is 6.92 Å². The monoisotopic (exact) mass is 299 g/mol. The minimum atomic E-state index is -0.0642. The predicted molar refractivity (Wildman–Crippen MR) is 86.8 cm³/mol. The second kappa shape index (κ2) is 9.17. The Hall–Kier alpha value is -1.79. The van der Waals surface area contributed by atoms with Gasteiger partial charge in [0.05, 0.1) is 12.8 Å². The van der Waals surface area contributed by atoms with E-state index in [0.29, 0.717) is 6.54 Å². The highest BCUT2D eigenvalue weighted by Crippen LogP contribution is 2.18. The molecule has 0 spiro atoms. The lowest BCUT2D eigenvalue weighted by Gasteiger charge is -2.22. The molecule has 0 heterocycles. The van der Waals surface area contributed by atoms with E-state index < -0.39 is 0 Å². The van der Waals surface area contributed by atoms with Gasteiger partial charge in [-0.05, 0) is 37.1 Å². The number of halogens is 1. The molecule has 5 N–H and O–H groups in total. The van der Waals surface area contributed by atoms with Crippen molar-refractivity contribution in [3.63, 3.8) is 0 Å². The van der Waals surface area contributed by atoms with E-state index in [1.54, 1.807) is 6.21 Å². The van der Waals surface area contributed by atoms with Gasteiger partial charge in [0.25, 0.3) is 0 Å². The Balaban J connectivity index is 0.00000361. The standard InChI is InChI=1S/C13H21N5O.ClH/c1-3-18(6-7-19)12-5-4-11(10(2)8-12)9-16-17-13(14)15;/h4-5,8-9,19H,3,6-7H2,1-2H3,(H4,14,15,17);1H. The summed E-state index contributed by atoms with van der Waals surface area (Å²) in [5.41, 5.74) is 13.5. The lowest BCUT2D eigenvalue weighted by atomic mass is 10.1. The predicted octanol–water partition coefficient (Wildman–Crippen LogP) is 0.843. The fourth-order valence-corrected chi connectivity index (χ4v) is 1.75. The summed E-state index contributed by atoms with van der Waals surface area (Å²) in [5.74, 6) is -0.0642. The number of benzene rings is 1. The van der Waals surface area contributed by atoms with E-state index in [2.05, 4.69) is 28.1 Å². The van der Waals surface area contributed by atoms with Crippen molar-refractivity contribution in [2.45, 2.75) is 13.8 Å². The van der Waals surface area contributed by atoms with Crippen LogP contribution in [0.1, 0.15) is 18.1 Å². The number of likely N-dealkylation sites (N-methyl/N-ethyl adjacent to an activating group) is 1. The van der Waals surface area contributed by atoms with Crippen LogP contribution in [0.5, 0.6) is 0 Å². The van der Waals surface area contributed by atoms with Gasteiger partial charge < -0.3 is 21.5 Å². The van der Waals surface area contributed by atoms with E-state index in [-0.39, 0.29) is 25.0 Å². The summed E-state index contributed by atoms with van der Waals surface area (Å²) in [6.07, 6.45) is 1.61. The third-order valence-electron chi connectivity index (χ3n) is 2.74. The minimum absolute atomic E-state index is 0. The molecule has 0 fully saturated rings. The van der Waals surface area contributed by atoms with Crippen molar-refractivity contribution in [3.8, 4) is 0 Å². The quantitative estimate of drug-likeness (QED) is 0.412. The number of aliphatic hydroxyl groups excluding tert-OH is 1. The average molecular weight is 300 g/mol.